The van der Waals surface area contributed by atoms with Gasteiger partial charge < -0.3 is 9.64 Å². The number of hydrogen-bond donors (Lipinski definition) is 0. The highest BCUT2D eigenvalue weighted by atomic mass is 16.5. The van der Waals surface area contributed by atoms with Gasteiger partial charge in [0, 0.05) is 18.5 Å². The summed E-state index contributed by atoms with van der Waals surface area (Å²) < 4.78 is 5.13. The Morgan fingerprint density at radius 1 is 1.17 bits per heavy atom. The van der Waals surface area contributed by atoms with Gasteiger partial charge in [0.25, 0.3) is 0 Å². The van der Waals surface area contributed by atoms with Crippen LogP contribution in [0.2, 0.25) is 0 Å². The molecule has 0 spiro atoms. The summed E-state index contributed by atoms with van der Waals surface area (Å²) in [7, 11) is 0. The molecule has 128 valence electrons. The standard InChI is InChI=1S/C19H23NO4/c1-13(21)20-10-9-14-7-5-6-8-15(14)16(20)11-18(23)24-12-17(22)19(2,3)4/h5-10,16H,11-12H2,1-4H3. The molecule has 1 atom stereocenters. The number of Topliss-reactive ketones (excluding diaryl/α,β-unsaturated/α-hetero) is 1. The summed E-state index contributed by atoms with van der Waals surface area (Å²) in [5.41, 5.74) is 1.32. The molecule has 0 aromatic heterocycles. The van der Waals surface area contributed by atoms with Gasteiger partial charge >= 0.3 is 5.97 Å². The lowest BCUT2D eigenvalue weighted by Gasteiger charge is -2.32. The summed E-state index contributed by atoms with van der Waals surface area (Å²) in [6, 6.07) is 7.19. The van der Waals surface area contributed by atoms with Crippen LogP contribution in [0.5, 0.6) is 0 Å². The van der Waals surface area contributed by atoms with E-state index in [-0.39, 0.29) is 24.7 Å². The minimum atomic E-state index is -0.550. The van der Waals surface area contributed by atoms with Crippen LogP contribution in [0.15, 0.2) is 30.5 Å². The van der Waals surface area contributed by atoms with Crippen LogP contribution in [0, 0.1) is 5.41 Å². The van der Waals surface area contributed by atoms with Crippen molar-refractivity contribution in [2.24, 2.45) is 5.41 Å². The van der Waals surface area contributed by atoms with Gasteiger partial charge in [0.15, 0.2) is 12.4 Å². The van der Waals surface area contributed by atoms with Crippen LogP contribution in [0.4, 0.5) is 0 Å². The number of fused-ring (bicyclic) bond motifs is 1. The first-order valence-corrected chi connectivity index (χ1v) is 7.95. The van der Waals surface area contributed by atoms with Gasteiger partial charge in [-0.15, -0.1) is 0 Å². The van der Waals surface area contributed by atoms with Gasteiger partial charge in [0.2, 0.25) is 5.91 Å². The highest BCUT2D eigenvalue weighted by Crippen LogP contribution is 2.33. The van der Waals surface area contributed by atoms with Crippen molar-refractivity contribution in [3.8, 4) is 0 Å². The summed E-state index contributed by atoms with van der Waals surface area (Å²) >= 11 is 0. The second-order valence-corrected chi connectivity index (χ2v) is 6.92. The summed E-state index contributed by atoms with van der Waals surface area (Å²) in [6.45, 7) is 6.56. The van der Waals surface area contributed by atoms with Gasteiger partial charge in [-0.25, -0.2) is 0 Å². The molecular weight excluding hydrogens is 306 g/mol. The van der Waals surface area contributed by atoms with Crippen LogP contribution in [-0.4, -0.2) is 29.2 Å². The predicted octanol–water partition coefficient (Wildman–Crippen LogP) is 3.11. The quantitative estimate of drug-likeness (QED) is 0.796. The van der Waals surface area contributed by atoms with Gasteiger partial charge in [-0.1, -0.05) is 45.0 Å². The number of rotatable bonds is 4. The largest absolute Gasteiger partial charge is 0.458 e. The van der Waals surface area contributed by atoms with Crippen LogP contribution in [0.25, 0.3) is 6.08 Å². The molecule has 0 radical (unpaired) electrons. The highest BCUT2D eigenvalue weighted by molar-refractivity contribution is 5.87. The topological polar surface area (TPSA) is 63.7 Å². The summed E-state index contributed by atoms with van der Waals surface area (Å²) in [5.74, 6) is -0.776. The van der Waals surface area contributed by atoms with Gasteiger partial charge in [-0.05, 0) is 17.2 Å². The first kappa shape index (κ1) is 17.9. The van der Waals surface area contributed by atoms with Crippen molar-refractivity contribution in [2.45, 2.75) is 40.2 Å². The van der Waals surface area contributed by atoms with E-state index in [1.165, 1.54) is 11.8 Å². The number of benzene rings is 1. The monoisotopic (exact) mass is 329 g/mol. The van der Waals surface area contributed by atoms with E-state index in [0.29, 0.717) is 0 Å². The molecule has 0 saturated heterocycles. The van der Waals surface area contributed by atoms with Crippen molar-refractivity contribution in [1.82, 2.24) is 4.90 Å². The Morgan fingerprint density at radius 3 is 2.46 bits per heavy atom. The average molecular weight is 329 g/mol. The number of ether oxygens (including phenoxy) is 1. The molecule has 5 heteroatoms. The molecular formula is C19H23NO4. The number of esters is 1. The number of ketones is 1. The molecule has 2 rings (SSSR count). The first-order valence-electron chi connectivity index (χ1n) is 7.95. The van der Waals surface area contributed by atoms with Gasteiger partial charge in [-0.3, -0.25) is 14.4 Å². The van der Waals surface area contributed by atoms with Crippen LogP contribution in [-0.2, 0) is 19.1 Å². The van der Waals surface area contributed by atoms with Crippen LogP contribution in [0.1, 0.15) is 51.3 Å². The van der Waals surface area contributed by atoms with E-state index in [0.717, 1.165) is 11.1 Å². The Morgan fingerprint density at radius 2 is 1.83 bits per heavy atom. The van der Waals surface area contributed by atoms with Crippen molar-refractivity contribution in [3.63, 3.8) is 0 Å². The predicted molar refractivity (Wildman–Crippen MR) is 90.8 cm³/mol. The average Bonchev–Trinajstić information content (AvgIpc) is 2.51. The zero-order valence-electron chi connectivity index (χ0n) is 14.5. The van der Waals surface area contributed by atoms with Crippen molar-refractivity contribution >= 4 is 23.7 Å². The second kappa shape index (κ2) is 6.99. The molecule has 1 heterocycles. The zero-order valence-corrected chi connectivity index (χ0v) is 14.5. The second-order valence-electron chi connectivity index (χ2n) is 6.92. The van der Waals surface area contributed by atoms with Gasteiger partial charge in [0.05, 0.1) is 12.5 Å². The van der Waals surface area contributed by atoms with E-state index in [1.54, 1.807) is 27.0 Å². The van der Waals surface area contributed by atoms with E-state index >= 15 is 0 Å². The highest BCUT2D eigenvalue weighted by Gasteiger charge is 2.29. The Kier molecular flexibility index (Phi) is 5.22. The van der Waals surface area contributed by atoms with Crippen LogP contribution >= 0.6 is 0 Å². The number of carbonyl (C=O) groups excluding carboxylic acids is 3. The molecule has 1 unspecified atom stereocenters. The first-order chi connectivity index (χ1) is 11.2. The maximum atomic E-state index is 12.2. The molecule has 24 heavy (non-hydrogen) atoms. The number of amides is 1. The normalized spacial score (nSPS) is 16.5. The molecule has 1 aliphatic rings. The molecule has 1 aromatic rings. The fourth-order valence-corrected chi connectivity index (χ4v) is 2.49. The van der Waals surface area contributed by atoms with Crippen molar-refractivity contribution in [2.75, 3.05) is 6.61 Å². The third-order valence-electron chi connectivity index (χ3n) is 4.03. The van der Waals surface area contributed by atoms with Crippen molar-refractivity contribution < 1.29 is 19.1 Å². The third-order valence-corrected chi connectivity index (χ3v) is 4.03. The number of hydrogen-bond acceptors (Lipinski definition) is 4. The smallest absolute Gasteiger partial charge is 0.308 e. The molecule has 0 saturated carbocycles. The third kappa shape index (κ3) is 4.10. The zero-order chi connectivity index (χ0) is 17.9. The Balaban J connectivity index is 2.11. The maximum Gasteiger partial charge on any atom is 0.308 e. The van der Waals surface area contributed by atoms with E-state index in [9.17, 15) is 14.4 Å². The summed E-state index contributed by atoms with van der Waals surface area (Å²) in [5, 5.41) is 0. The lowest BCUT2D eigenvalue weighted by Crippen LogP contribution is -2.33. The van der Waals surface area contributed by atoms with E-state index in [1.807, 2.05) is 30.3 Å². The fourth-order valence-electron chi connectivity index (χ4n) is 2.49. The van der Waals surface area contributed by atoms with E-state index in [2.05, 4.69) is 0 Å². The molecule has 0 fully saturated rings. The molecule has 5 nitrogen and oxygen atoms in total. The lowest BCUT2D eigenvalue weighted by molar-refractivity contribution is -0.151. The fraction of sp³-hybridized carbons (Fsp3) is 0.421. The van der Waals surface area contributed by atoms with Crippen molar-refractivity contribution in [3.05, 3.63) is 41.6 Å². The van der Waals surface area contributed by atoms with Gasteiger partial charge in [0.1, 0.15) is 0 Å². The van der Waals surface area contributed by atoms with Crippen molar-refractivity contribution in [1.29, 1.82) is 0 Å². The van der Waals surface area contributed by atoms with Crippen LogP contribution < -0.4 is 0 Å². The molecule has 1 aromatic carbocycles. The SMILES string of the molecule is CC(=O)N1C=Cc2ccccc2C1CC(=O)OCC(=O)C(C)(C)C. The summed E-state index contributed by atoms with van der Waals surface area (Å²) in [4.78, 5) is 37.5. The molecule has 0 N–H and O–H groups in total. The molecule has 0 aliphatic carbocycles. The maximum absolute atomic E-state index is 12.2. The molecule has 0 bridgehead atoms. The van der Waals surface area contributed by atoms with Gasteiger partial charge in [-0.2, -0.15) is 0 Å². The van der Waals surface area contributed by atoms with Crippen LogP contribution in [0.3, 0.4) is 0 Å². The Bertz CT molecular complexity index is 685. The Hall–Kier alpha value is -2.43. The van der Waals surface area contributed by atoms with E-state index < -0.39 is 17.4 Å². The minimum Gasteiger partial charge on any atom is -0.458 e. The molecule has 1 amide bonds. The lowest BCUT2D eigenvalue weighted by atomic mass is 9.91. The Labute approximate surface area is 142 Å². The number of carbonyl (C=O) groups is 3. The number of nitrogens with zero attached hydrogens (tertiary/aromatic N) is 1. The van der Waals surface area contributed by atoms with E-state index in [4.69, 9.17) is 4.74 Å². The minimum absolute atomic E-state index is 0.0123. The summed E-state index contributed by atoms with van der Waals surface area (Å²) in [6.07, 6.45) is 3.54. The molecule has 1 aliphatic heterocycles.